The molecule has 0 aliphatic heterocycles. The fraction of sp³-hybridized carbons (Fsp3) is 0. The molecule has 7 nitrogen and oxygen atoms in total. The van der Waals surface area contributed by atoms with Gasteiger partial charge < -0.3 is 5.32 Å². The molecule has 0 spiro atoms. The number of hydrogen-bond donors (Lipinski definition) is 2. The molecule has 2 N–H and O–H groups in total. The van der Waals surface area contributed by atoms with E-state index in [0.29, 0.717) is 21.4 Å². The van der Waals surface area contributed by atoms with E-state index in [9.17, 15) is 13.7 Å². The first-order valence-corrected chi connectivity index (χ1v) is 13.6. The first-order chi connectivity index (χ1) is 17.0. The summed E-state index contributed by atoms with van der Waals surface area (Å²) in [5.41, 5.74) is 2.81. The molecule has 0 bridgehead atoms. The highest BCUT2D eigenvalue weighted by molar-refractivity contribution is 7.93. The van der Waals surface area contributed by atoms with Gasteiger partial charge in [0, 0.05) is 34.4 Å². The van der Waals surface area contributed by atoms with Gasteiger partial charge in [-0.3, -0.25) is 4.72 Å². The van der Waals surface area contributed by atoms with Crippen LogP contribution in [0.25, 0.3) is 27.6 Å². The van der Waals surface area contributed by atoms with E-state index < -0.39 is 10.0 Å². The van der Waals surface area contributed by atoms with Gasteiger partial charge in [-0.15, -0.1) is 22.7 Å². The lowest BCUT2D eigenvalue weighted by Gasteiger charge is -2.06. The first-order valence-electron chi connectivity index (χ1n) is 10.4. The zero-order chi connectivity index (χ0) is 24.3. The first kappa shape index (κ1) is 22.7. The summed E-state index contributed by atoms with van der Waals surface area (Å²) in [6.45, 7) is 0. The Morgan fingerprint density at radius 2 is 1.80 bits per heavy atom. The molecule has 10 heteroatoms. The van der Waals surface area contributed by atoms with E-state index in [4.69, 9.17) is 0 Å². The summed E-state index contributed by atoms with van der Waals surface area (Å²) >= 11 is 2.59. The maximum absolute atomic E-state index is 12.5. The third kappa shape index (κ3) is 5.07. The summed E-state index contributed by atoms with van der Waals surface area (Å²) in [6.07, 6.45) is 3.10. The van der Waals surface area contributed by atoms with Gasteiger partial charge in [0.05, 0.1) is 10.6 Å². The molecule has 5 rings (SSSR count). The van der Waals surface area contributed by atoms with E-state index in [1.807, 2.05) is 23.6 Å². The van der Waals surface area contributed by atoms with Crippen LogP contribution in [0.1, 0.15) is 5.01 Å². The van der Waals surface area contributed by atoms with Crippen LogP contribution in [-0.2, 0) is 10.0 Å². The number of sulfonamides is 1. The number of allylic oxidation sites excluding steroid dienone is 1. The molecule has 0 saturated carbocycles. The van der Waals surface area contributed by atoms with E-state index in [-0.39, 0.29) is 4.90 Å². The van der Waals surface area contributed by atoms with Crippen LogP contribution >= 0.6 is 22.7 Å². The van der Waals surface area contributed by atoms with Gasteiger partial charge in [-0.1, -0.05) is 36.4 Å². The Balaban J connectivity index is 1.31. The Labute approximate surface area is 210 Å². The fourth-order valence-electron chi connectivity index (χ4n) is 3.35. The van der Waals surface area contributed by atoms with Gasteiger partial charge in [-0.05, 0) is 41.1 Å². The quantitative estimate of drug-likeness (QED) is 0.250. The van der Waals surface area contributed by atoms with E-state index in [1.54, 1.807) is 23.7 Å². The van der Waals surface area contributed by atoms with Crippen LogP contribution in [0.15, 0.2) is 94.8 Å². The van der Waals surface area contributed by atoms with Gasteiger partial charge >= 0.3 is 0 Å². The number of rotatable bonds is 7. The minimum atomic E-state index is -3.72. The number of benzene rings is 3. The number of aromatic nitrogens is 2. The second-order valence-electron chi connectivity index (χ2n) is 7.38. The number of thiazole rings is 2. The SMILES string of the molecule is N#C/C(=C\Nc1ccc(S(=O)(=O)Nc2nccs2)cc1)c1nc(-c2ccc3ccccc3c2)cs1. The molecule has 0 aliphatic rings. The zero-order valence-corrected chi connectivity index (χ0v) is 20.5. The standard InChI is InChI=1S/C25H17N5O2S3/c26-14-20(24-29-23(16-34-24)19-6-5-17-3-1-2-4-18(17)13-19)15-28-21-7-9-22(10-8-21)35(31,32)30-25-27-11-12-33-25/h1-13,15-16,28H,(H,27,30)/b20-15+. The highest BCUT2D eigenvalue weighted by atomic mass is 32.2. The Hall–Kier alpha value is -4.04. The summed E-state index contributed by atoms with van der Waals surface area (Å²) in [5.74, 6) is 0. The lowest BCUT2D eigenvalue weighted by molar-refractivity contribution is 0.601. The van der Waals surface area contributed by atoms with Crippen molar-refractivity contribution in [2.45, 2.75) is 4.90 Å². The molecule has 2 aromatic heterocycles. The van der Waals surface area contributed by atoms with Crippen LogP contribution in [0.3, 0.4) is 0 Å². The van der Waals surface area contributed by atoms with E-state index in [0.717, 1.165) is 22.0 Å². The summed E-state index contributed by atoms with van der Waals surface area (Å²) in [4.78, 5) is 8.70. The molecule has 3 aromatic carbocycles. The van der Waals surface area contributed by atoms with Crippen LogP contribution in [0, 0.1) is 11.3 Å². The van der Waals surface area contributed by atoms with Crippen molar-refractivity contribution in [3.63, 3.8) is 0 Å². The van der Waals surface area contributed by atoms with E-state index in [1.165, 1.54) is 41.0 Å². The monoisotopic (exact) mass is 515 g/mol. The van der Waals surface area contributed by atoms with Gasteiger partial charge in [0.25, 0.3) is 10.0 Å². The van der Waals surface area contributed by atoms with Crippen LogP contribution < -0.4 is 10.0 Å². The Kier molecular flexibility index (Phi) is 6.29. The summed E-state index contributed by atoms with van der Waals surface area (Å²) in [6, 6.07) is 22.7. The average molecular weight is 516 g/mol. The van der Waals surface area contributed by atoms with Crippen molar-refractivity contribution in [3.8, 4) is 17.3 Å². The molecule has 0 fully saturated rings. The van der Waals surface area contributed by atoms with Crippen molar-refractivity contribution >= 4 is 59.9 Å². The Bertz CT molecular complexity index is 1670. The van der Waals surface area contributed by atoms with E-state index in [2.05, 4.69) is 50.3 Å². The average Bonchev–Trinajstić information content (AvgIpc) is 3.57. The van der Waals surface area contributed by atoms with Gasteiger partial charge in [0.2, 0.25) is 0 Å². The van der Waals surface area contributed by atoms with Crippen molar-refractivity contribution < 1.29 is 8.42 Å². The largest absolute Gasteiger partial charge is 0.360 e. The Morgan fingerprint density at radius 1 is 1.00 bits per heavy atom. The van der Waals surface area contributed by atoms with Gasteiger partial charge in [0.15, 0.2) is 5.13 Å². The summed E-state index contributed by atoms with van der Waals surface area (Å²) < 4.78 is 27.4. The topological polar surface area (TPSA) is 108 Å². The molecule has 172 valence electrons. The van der Waals surface area contributed by atoms with Crippen molar-refractivity contribution in [2.24, 2.45) is 0 Å². The maximum Gasteiger partial charge on any atom is 0.263 e. The van der Waals surface area contributed by atoms with Gasteiger partial charge in [-0.25, -0.2) is 18.4 Å². The molecule has 2 heterocycles. The smallest absolute Gasteiger partial charge is 0.263 e. The number of fused-ring (bicyclic) bond motifs is 1. The number of nitriles is 1. The van der Waals surface area contributed by atoms with E-state index >= 15 is 0 Å². The minimum absolute atomic E-state index is 0.114. The summed E-state index contributed by atoms with van der Waals surface area (Å²) in [7, 11) is -3.72. The Morgan fingerprint density at radius 3 is 2.54 bits per heavy atom. The lowest BCUT2D eigenvalue weighted by Crippen LogP contribution is -2.12. The number of hydrogen-bond acceptors (Lipinski definition) is 8. The zero-order valence-electron chi connectivity index (χ0n) is 18.0. The van der Waals surface area contributed by atoms with Crippen molar-refractivity contribution in [1.82, 2.24) is 9.97 Å². The molecule has 5 aromatic rings. The van der Waals surface area contributed by atoms with Crippen molar-refractivity contribution in [2.75, 3.05) is 10.0 Å². The third-order valence-corrected chi connectivity index (χ3v) is 8.15. The van der Waals surface area contributed by atoms with Crippen LogP contribution in [0.4, 0.5) is 10.8 Å². The van der Waals surface area contributed by atoms with Crippen LogP contribution in [0.5, 0.6) is 0 Å². The van der Waals surface area contributed by atoms with Crippen LogP contribution in [-0.4, -0.2) is 18.4 Å². The predicted octanol–water partition coefficient (Wildman–Crippen LogP) is 6.20. The molecular formula is C25H17N5O2S3. The normalized spacial score (nSPS) is 11.8. The number of nitrogens with zero attached hydrogens (tertiary/aromatic N) is 3. The molecule has 0 atom stereocenters. The van der Waals surface area contributed by atoms with Crippen molar-refractivity contribution in [3.05, 3.63) is 94.9 Å². The highest BCUT2D eigenvalue weighted by Gasteiger charge is 2.15. The second kappa shape index (κ2) is 9.68. The molecule has 0 radical (unpaired) electrons. The number of nitrogens with one attached hydrogen (secondary N) is 2. The molecular weight excluding hydrogens is 499 g/mol. The molecule has 0 aliphatic carbocycles. The van der Waals surface area contributed by atoms with Gasteiger partial charge in [-0.2, -0.15) is 5.26 Å². The minimum Gasteiger partial charge on any atom is -0.360 e. The van der Waals surface area contributed by atoms with Crippen LogP contribution in [0.2, 0.25) is 0 Å². The lowest BCUT2D eigenvalue weighted by atomic mass is 10.1. The molecule has 0 saturated heterocycles. The predicted molar refractivity (Wildman–Crippen MR) is 142 cm³/mol. The van der Waals surface area contributed by atoms with Crippen molar-refractivity contribution in [1.29, 1.82) is 5.26 Å². The summed E-state index contributed by atoms with van der Waals surface area (Å²) in [5, 5.41) is 19.5. The molecule has 35 heavy (non-hydrogen) atoms. The molecule has 0 unspecified atom stereocenters. The maximum atomic E-state index is 12.5. The highest BCUT2D eigenvalue weighted by Crippen LogP contribution is 2.28. The number of anilines is 2. The second-order valence-corrected chi connectivity index (χ2v) is 10.8. The fourth-order valence-corrected chi connectivity index (χ4v) is 5.94. The molecule has 0 amide bonds. The van der Waals surface area contributed by atoms with Gasteiger partial charge in [0.1, 0.15) is 16.6 Å². The third-order valence-electron chi connectivity index (χ3n) is 5.10.